The van der Waals surface area contributed by atoms with Gasteiger partial charge in [0.05, 0.1) is 12.7 Å². The highest BCUT2D eigenvalue weighted by Crippen LogP contribution is 2.48. The van der Waals surface area contributed by atoms with Crippen LogP contribution in [0.25, 0.3) is 0 Å². The van der Waals surface area contributed by atoms with Crippen molar-refractivity contribution in [2.75, 3.05) is 19.8 Å². The lowest BCUT2D eigenvalue weighted by atomic mass is 10.0. The molecule has 2 fully saturated rings. The van der Waals surface area contributed by atoms with Crippen LogP contribution in [-0.2, 0) is 4.74 Å². The van der Waals surface area contributed by atoms with E-state index in [1.807, 2.05) is 0 Å². The molecule has 1 aliphatic carbocycles. The monoisotopic (exact) mass is 222 g/mol. The molecule has 2 rings (SSSR count). The molecule has 1 saturated heterocycles. The zero-order valence-electron chi connectivity index (χ0n) is 10.0. The van der Waals surface area contributed by atoms with E-state index in [4.69, 9.17) is 10.00 Å². The molecule has 1 unspecified atom stereocenters. The zero-order valence-corrected chi connectivity index (χ0v) is 10.0. The van der Waals surface area contributed by atoms with Gasteiger partial charge in [0, 0.05) is 24.5 Å². The topological polar surface area (TPSA) is 45.0 Å². The van der Waals surface area contributed by atoms with Gasteiger partial charge in [0.15, 0.2) is 0 Å². The van der Waals surface area contributed by atoms with Crippen LogP contribution in [0.5, 0.6) is 0 Å². The second kappa shape index (κ2) is 5.65. The SMILES string of the molecule is N#CCC1(COCCC2CCCCN2)CC1. The molecule has 0 aromatic heterocycles. The first-order valence-electron chi connectivity index (χ1n) is 6.53. The Morgan fingerprint density at radius 2 is 2.25 bits per heavy atom. The Labute approximate surface area is 98.2 Å². The Kier molecular flexibility index (Phi) is 4.20. The molecule has 0 aromatic carbocycles. The molecule has 1 N–H and O–H groups in total. The van der Waals surface area contributed by atoms with E-state index in [-0.39, 0.29) is 5.41 Å². The van der Waals surface area contributed by atoms with E-state index in [0.29, 0.717) is 12.5 Å². The van der Waals surface area contributed by atoms with Crippen molar-refractivity contribution in [3.63, 3.8) is 0 Å². The highest BCUT2D eigenvalue weighted by Gasteiger charge is 2.42. The minimum atomic E-state index is 0.245. The molecule has 1 saturated carbocycles. The van der Waals surface area contributed by atoms with Crippen molar-refractivity contribution in [2.45, 2.75) is 51.0 Å². The predicted octanol–water partition coefficient (Wildman–Crippen LogP) is 2.23. The molecule has 0 amide bonds. The smallest absolute Gasteiger partial charge is 0.0628 e. The Hall–Kier alpha value is -0.590. The highest BCUT2D eigenvalue weighted by atomic mass is 16.5. The van der Waals surface area contributed by atoms with Crippen LogP contribution < -0.4 is 5.32 Å². The summed E-state index contributed by atoms with van der Waals surface area (Å²) in [5, 5.41) is 12.2. The van der Waals surface area contributed by atoms with E-state index in [1.54, 1.807) is 0 Å². The van der Waals surface area contributed by atoms with E-state index < -0.39 is 0 Å². The molecule has 0 spiro atoms. The fourth-order valence-corrected chi connectivity index (χ4v) is 2.40. The molecule has 0 aromatic rings. The Morgan fingerprint density at radius 3 is 2.88 bits per heavy atom. The van der Waals surface area contributed by atoms with E-state index in [2.05, 4.69) is 11.4 Å². The van der Waals surface area contributed by atoms with Gasteiger partial charge in [-0.25, -0.2) is 0 Å². The summed E-state index contributed by atoms with van der Waals surface area (Å²) < 4.78 is 5.73. The number of nitrogens with one attached hydrogen (secondary N) is 1. The predicted molar refractivity (Wildman–Crippen MR) is 63.0 cm³/mol. The number of nitrogens with zero attached hydrogens (tertiary/aromatic N) is 1. The van der Waals surface area contributed by atoms with E-state index in [1.165, 1.54) is 38.6 Å². The van der Waals surface area contributed by atoms with Gasteiger partial charge >= 0.3 is 0 Å². The van der Waals surface area contributed by atoms with Gasteiger partial charge in [0.2, 0.25) is 0 Å². The van der Waals surface area contributed by atoms with E-state index >= 15 is 0 Å². The minimum Gasteiger partial charge on any atom is -0.381 e. The summed E-state index contributed by atoms with van der Waals surface area (Å²) in [6, 6.07) is 2.93. The van der Waals surface area contributed by atoms with Gasteiger partial charge in [-0.3, -0.25) is 0 Å². The molecule has 3 nitrogen and oxygen atoms in total. The number of piperidine rings is 1. The molecule has 0 radical (unpaired) electrons. The average Bonchev–Trinajstić information content (AvgIpc) is 3.07. The van der Waals surface area contributed by atoms with Gasteiger partial charge in [0.1, 0.15) is 0 Å². The summed E-state index contributed by atoms with van der Waals surface area (Å²) in [6.07, 6.45) is 8.15. The lowest BCUT2D eigenvalue weighted by molar-refractivity contribution is 0.0824. The summed E-state index contributed by atoms with van der Waals surface area (Å²) in [4.78, 5) is 0. The van der Waals surface area contributed by atoms with Crippen LogP contribution in [0.4, 0.5) is 0 Å². The van der Waals surface area contributed by atoms with Crippen LogP contribution in [-0.4, -0.2) is 25.8 Å². The number of hydrogen-bond acceptors (Lipinski definition) is 3. The van der Waals surface area contributed by atoms with Crippen molar-refractivity contribution in [2.24, 2.45) is 5.41 Å². The maximum absolute atomic E-state index is 8.69. The van der Waals surface area contributed by atoms with Crippen molar-refractivity contribution >= 4 is 0 Å². The molecule has 1 aliphatic heterocycles. The number of rotatable bonds is 6. The number of hydrogen-bond donors (Lipinski definition) is 1. The summed E-state index contributed by atoms with van der Waals surface area (Å²) in [5.74, 6) is 0. The Balaban J connectivity index is 1.53. The highest BCUT2D eigenvalue weighted by molar-refractivity contribution is 4.99. The molecule has 3 heteroatoms. The van der Waals surface area contributed by atoms with Crippen molar-refractivity contribution in [3.05, 3.63) is 0 Å². The molecule has 0 bridgehead atoms. The van der Waals surface area contributed by atoms with Gasteiger partial charge in [-0.05, 0) is 38.6 Å². The lowest BCUT2D eigenvalue weighted by Gasteiger charge is -2.23. The first kappa shape index (κ1) is 11.9. The van der Waals surface area contributed by atoms with Crippen LogP contribution in [0.1, 0.15) is 44.9 Å². The second-order valence-electron chi connectivity index (χ2n) is 5.32. The van der Waals surface area contributed by atoms with Crippen molar-refractivity contribution in [3.8, 4) is 6.07 Å². The second-order valence-corrected chi connectivity index (χ2v) is 5.32. The molecule has 1 atom stereocenters. The van der Waals surface area contributed by atoms with Gasteiger partial charge in [-0.2, -0.15) is 5.26 Å². The number of ether oxygens (including phenoxy) is 1. The fraction of sp³-hybridized carbons (Fsp3) is 0.923. The maximum Gasteiger partial charge on any atom is 0.0628 e. The van der Waals surface area contributed by atoms with Crippen molar-refractivity contribution < 1.29 is 4.74 Å². The van der Waals surface area contributed by atoms with Gasteiger partial charge in [-0.1, -0.05) is 6.42 Å². The first-order valence-corrected chi connectivity index (χ1v) is 6.53. The van der Waals surface area contributed by atoms with Crippen LogP contribution in [0, 0.1) is 16.7 Å². The quantitative estimate of drug-likeness (QED) is 0.701. The molecule has 1 heterocycles. The summed E-state index contributed by atoms with van der Waals surface area (Å²) in [5.41, 5.74) is 0.245. The largest absolute Gasteiger partial charge is 0.381 e. The standard InChI is InChI=1S/C13H22N2O/c14-8-7-13(5-6-13)11-16-10-4-12-3-1-2-9-15-12/h12,15H,1-7,9-11H2. The van der Waals surface area contributed by atoms with Gasteiger partial charge < -0.3 is 10.1 Å². The minimum absolute atomic E-state index is 0.245. The lowest BCUT2D eigenvalue weighted by Crippen LogP contribution is -2.34. The summed E-state index contributed by atoms with van der Waals surface area (Å²) >= 11 is 0. The van der Waals surface area contributed by atoms with Crippen LogP contribution in [0.3, 0.4) is 0 Å². The van der Waals surface area contributed by atoms with Crippen LogP contribution in [0.15, 0.2) is 0 Å². The number of nitriles is 1. The summed E-state index contributed by atoms with van der Waals surface area (Å²) in [7, 11) is 0. The first-order chi connectivity index (χ1) is 7.85. The third-order valence-corrected chi connectivity index (χ3v) is 3.84. The molecule has 2 aliphatic rings. The Bertz CT molecular complexity index is 249. The van der Waals surface area contributed by atoms with Gasteiger partial charge in [-0.15, -0.1) is 0 Å². The molecule has 16 heavy (non-hydrogen) atoms. The molecule has 90 valence electrons. The third-order valence-electron chi connectivity index (χ3n) is 3.84. The normalized spacial score (nSPS) is 27.3. The van der Waals surface area contributed by atoms with Gasteiger partial charge in [0.25, 0.3) is 0 Å². The Morgan fingerprint density at radius 1 is 1.38 bits per heavy atom. The molecular formula is C13H22N2O. The molecular weight excluding hydrogens is 200 g/mol. The van der Waals surface area contributed by atoms with Crippen LogP contribution in [0.2, 0.25) is 0 Å². The van der Waals surface area contributed by atoms with E-state index in [0.717, 1.165) is 19.6 Å². The fourth-order valence-electron chi connectivity index (χ4n) is 2.40. The zero-order chi connectivity index (χ0) is 11.3. The average molecular weight is 222 g/mol. The van der Waals surface area contributed by atoms with Crippen LogP contribution >= 0.6 is 0 Å². The maximum atomic E-state index is 8.69. The van der Waals surface area contributed by atoms with Crippen molar-refractivity contribution in [1.82, 2.24) is 5.32 Å². The third kappa shape index (κ3) is 3.47. The van der Waals surface area contributed by atoms with E-state index in [9.17, 15) is 0 Å². The van der Waals surface area contributed by atoms with Crippen molar-refractivity contribution in [1.29, 1.82) is 5.26 Å². The summed E-state index contributed by atoms with van der Waals surface area (Å²) in [6.45, 7) is 2.82.